The minimum atomic E-state index is -1.07. The third-order valence-corrected chi connectivity index (χ3v) is 3.29. The van der Waals surface area contributed by atoms with Crippen LogP contribution in [-0.4, -0.2) is 32.6 Å². The number of aromatic nitrogens is 2. The van der Waals surface area contributed by atoms with Gasteiger partial charge in [-0.3, -0.25) is 19.0 Å². The number of carboxylic acids is 1. The first-order valence-electron chi connectivity index (χ1n) is 7.33. The van der Waals surface area contributed by atoms with E-state index < -0.39 is 23.6 Å². The zero-order valence-electron chi connectivity index (χ0n) is 13.9. The lowest BCUT2D eigenvalue weighted by molar-refractivity contribution is -0.137. The lowest BCUT2D eigenvalue weighted by Crippen LogP contribution is -2.25. The molecule has 0 saturated carbocycles. The Morgan fingerprint density at radius 1 is 1.12 bits per heavy atom. The summed E-state index contributed by atoms with van der Waals surface area (Å²) in [6.45, 7) is 3.86. The molecule has 0 aliphatic carbocycles. The van der Waals surface area contributed by atoms with Gasteiger partial charge in [0, 0.05) is 31.8 Å². The average Bonchev–Trinajstić information content (AvgIpc) is 2.47. The number of carboxylic acid groups (broad SMARTS) is 1. The third kappa shape index (κ3) is 4.19. The Morgan fingerprint density at radius 3 is 2.20 bits per heavy atom. The van der Waals surface area contributed by atoms with E-state index in [4.69, 9.17) is 14.6 Å². The molecule has 1 aromatic heterocycles. The van der Waals surface area contributed by atoms with Crippen LogP contribution in [0.15, 0.2) is 16.9 Å². The van der Waals surface area contributed by atoms with Gasteiger partial charge >= 0.3 is 23.6 Å². The van der Waals surface area contributed by atoms with Crippen LogP contribution in [0.4, 0.5) is 0 Å². The summed E-state index contributed by atoms with van der Waals surface area (Å²) < 4.78 is 11.3. The van der Waals surface area contributed by atoms with Crippen LogP contribution in [0, 0.1) is 6.92 Å². The van der Waals surface area contributed by atoms with E-state index in [-0.39, 0.29) is 24.5 Å². The number of nitrogens with zero attached hydrogens (tertiary/aromatic N) is 2. The van der Waals surface area contributed by atoms with Crippen molar-refractivity contribution in [3.8, 4) is 11.5 Å². The van der Waals surface area contributed by atoms with Gasteiger partial charge in [-0.05, 0) is 13.0 Å². The van der Waals surface area contributed by atoms with Crippen LogP contribution in [0.2, 0.25) is 0 Å². The minimum absolute atomic E-state index is 0.00327. The topological polar surface area (TPSA) is 125 Å². The lowest BCUT2D eigenvalue weighted by Gasteiger charge is -2.14. The summed E-state index contributed by atoms with van der Waals surface area (Å²) >= 11 is 0. The largest absolute Gasteiger partial charge is 0.481 e. The van der Waals surface area contributed by atoms with E-state index in [1.165, 1.54) is 30.5 Å². The van der Waals surface area contributed by atoms with Gasteiger partial charge in [0.1, 0.15) is 0 Å². The molecule has 2 aromatic rings. The third-order valence-electron chi connectivity index (χ3n) is 3.29. The molecule has 0 bridgehead atoms. The second-order valence-electron chi connectivity index (χ2n) is 5.28. The minimum Gasteiger partial charge on any atom is -0.481 e. The summed E-state index contributed by atoms with van der Waals surface area (Å²) in [5.41, 5.74) is 0.0699. The van der Waals surface area contributed by atoms with Crippen LogP contribution >= 0.6 is 0 Å². The van der Waals surface area contributed by atoms with Gasteiger partial charge < -0.3 is 14.6 Å². The van der Waals surface area contributed by atoms with Gasteiger partial charge in [0.15, 0.2) is 11.5 Å². The Bertz CT molecular complexity index is 930. The molecule has 132 valence electrons. The highest BCUT2D eigenvalue weighted by Gasteiger charge is 2.17. The Morgan fingerprint density at radius 2 is 1.68 bits per heavy atom. The molecule has 0 aliphatic heterocycles. The lowest BCUT2D eigenvalue weighted by atomic mass is 10.1. The first-order valence-corrected chi connectivity index (χ1v) is 7.33. The number of fused-ring (bicyclic) bond motifs is 1. The van der Waals surface area contributed by atoms with Crippen LogP contribution in [0.25, 0.3) is 10.9 Å². The van der Waals surface area contributed by atoms with Crippen molar-refractivity contribution in [1.82, 2.24) is 9.55 Å². The molecule has 1 heterocycles. The van der Waals surface area contributed by atoms with E-state index in [0.717, 1.165) is 0 Å². The van der Waals surface area contributed by atoms with E-state index in [2.05, 4.69) is 4.98 Å². The summed E-state index contributed by atoms with van der Waals surface area (Å²) in [5.74, 6) is -2.37. The highest BCUT2D eigenvalue weighted by Crippen LogP contribution is 2.33. The molecule has 9 nitrogen and oxygen atoms in total. The number of esters is 2. The fourth-order valence-electron chi connectivity index (χ4n) is 2.32. The van der Waals surface area contributed by atoms with E-state index >= 15 is 0 Å². The first kappa shape index (κ1) is 18.1. The van der Waals surface area contributed by atoms with Gasteiger partial charge in [-0.25, -0.2) is 4.79 Å². The van der Waals surface area contributed by atoms with Crippen molar-refractivity contribution >= 4 is 28.8 Å². The fourth-order valence-corrected chi connectivity index (χ4v) is 2.32. The molecule has 0 amide bonds. The van der Waals surface area contributed by atoms with Gasteiger partial charge in [-0.15, -0.1) is 0 Å². The maximum Gasteiger partial charge on any atom is 0.348 e. The fraction of sp³-hybridized carbons (Fsp3) is 0.312. The molecule has 1 aromatic carbocycles. The molecule has 0 fully saturated rings. The molecule has 0 saturated heterocycles. The zero-order chi connectivity index (χ0) is 18.7. The molecule has 0 unspecified atom stereocenters. The Hall–Kier alpha value is -3.23. The number of ether oxygens (including phenoxy) is 2. The van der Waals surface area contributed by atoms with Crippen molar-refractivity contribution in [2.45, 2.75) is 33.7 Å². The van der Waals surface area contributed by atoms with Gasteiger partial charge in [0.25, 0.3) is 0 Å². The quantitative estimate of drug-likeness (QED) is 0.627. The molecule has 25 heavy (non-hydrogen) atoms. The van der Waals surface area contributed by atoms with Crippen molar-refractivity contribution in [2.24, 2.45) is 0 Å². The molecule has 1 N–H and O–H groups in total. The number of benzene rings is 1. The normalized spacial score (nSPS) is 10.5. The van der Waals surface area contributed by atoms with Crippen LogP contribution in [-0.2, 0) is 20.9 Å². The van der Waals surface area contributed by atoms with E-state index in [1.807, 2.05) is 0 Å². The molecular weight excluding hydrogens is 332 g/mol. The summed E-state index contributed by atoms with van der Waals surface area (Å²) in [5, 5.41) is 9.32. The molecule has 0 aliphatic rings. The highest BCUT2D eigenvalue weighted by molar-refractivity contribution is 5.87. The SMILES string of the molecule is CC(=O)Oc1cc2c(C)nc(=O)n(CCC(=O)O)c2cc1OC(C)=O. The van der Waals surface area contributed by atoms with Crippen molar-refractivity contribution in [3.63, 3.8) is 0 Å². The Labute approximate surface area is 141 Å². The molecule has 0 spiro atoms. The Balaban J connectivity index is 2.73. The van der Waals surface area contributed by atoms with Crippen LogP contribution in [0.3, 0.4) is 0 Å². The molecular formula is C16H16N2O7. The van der Waals surface area contributed by atoms with Crippen LogP contribution in [0.1, 0.15) is 26.0 Å². The second kappa shape index (κ2) is 7.12. The van der Waals surface area contributed by atoms with Crippen molar-refractivity contribution in [1.29, 1.82) is 0 Å². The monoisotopic (exact) mass is 348 g/mol. The van der Waals surface area contributed by atoms with Crippen molar-refractivity contribution < 1.29 is 29.0 Å². The Kier molecular flexibility index (Phi) is 5.16. The van der Waals surface area contributed by atoms with Crippen molar-refractivity contribution in [3.05, 3.63) is 28.3 Å². The number of rotatable bonds is 5. The van der Waals surface area contributed by atoms with Crippen molar-refractivity contribution in [2.75, 3.05) is 0 Å². The molecule has 9 heteroatoms. The highest BCUT2D eigenvalue weighted by atomic mass is 16.6. The molecule has 0 atom stereocenters. The maximum absolute atomic E-state index is 12.1. The number of carbonyl (C=O) groups excluding carboxylic acids is 2. The van der Waals surface area contributed by atoms with E-state index in [0.29, 0.717) is 16.6 Å². The second-order valence-corrected chi connectivity index (χ2v) is 5.28. The van der Waals surface area contributed by atoms with Crippen LogP contribution < -0.4 is 15.2 Å². The number of hydrogen-bond acceptors (Lipinski definition) is 7. The van der Waals surface area contributed by atoms with E-state index in [1.54, 1.807) is 6.92 Å². The number of aryl methyl sites for hydroxylation is 2. The van der Waals surface area contributed by atoms with Crippen LogP contribution in [0.5, 0.6) is 11.5 Å². The number of carbonyl (C=O) groups is 3. The summed E-state index contributed by atoms with van der Waals surface area (Å²) in [7, 11) is 0. The maximum atomic E-state index is 12.1. The predicted octanol–water partition coefficient (Wildman–Crippen LogP) is 1.03. The standard InChI is InChI=1S/C16H16N2O7/c1-8-11-6-13(24-9(2)19)14(25-10(3)20)7-12(11)18(16(23)17-8)5-4-15(21)22/h6-7H,4-5H2,1-3H3,(H,21,22). The number of aliphatic carboxylic acids is 1. The van der Waals surface area contributed by atoms with Gasteiger partial charge in [0.2, 0.25) is 0 Å². The summed E-state index contributed by atoms with van der Waals surface area (Å²) in [6, 6.07) is 2.78. The molecule has 2 rings (SSSR count). The summed E-state index contributed by atoms with van der Waals surface area (Å²) in [4.78, 5) is 49.4. The summed E-state index contributed by atoms with van der Waals surface area (Å²) in [6.07, 6.45) is -0.283. The van der Waals surface area contributed by atoms with Gasteiger partial charge in [-0.2, -0.15) is 4.98 Å². The molecule has 0 radical (unpaired) electrons. The van der Waals surface area contributed by atoms with E-state index in [9.17, 15) is 19.2 Å². The average molecular weight is 348 g/mol. The van der Waals surface area contributed by atoms with Gasteiger partial charge in [-0.1, -0.05) is 0 Å². The number of hydrogen-bond donors (Lipinski definition) is 1. The first-order chi connectivity index (χ1) is 11.7. The van der Waals surface area contributed by atoms with Gasteiger partial charge in [0.05, 0.1) is 17.6 Å². The zero-order valence-corrected chi connectivity index (χ0v) is 13.9. The smallest absolute Gasteiger partial charge is 0.348 e. The predicted molar refractivity (Wildman–Crippen MR) is 85.6 cm³/mol.